The summed E-state index contributed by atoms with van der Waals surface area (Å²) in [5, 5.41) is 21.1. The maximum Gasteiger partial charge on any atom is 0.308 e. The molecule has 1 rings (SSSR count). The van der Waals surface area contributed by atoms with Gasteiger partial charge in [-0.05, 0) is 40.0 Å². The molecule has 1 aliphatic rings. The van der Waals surface area contributed by atoms with Crippen LogP contribution in [0.25, 0.3) is 0 Å². The van der Waals surface area contributed by atoms with Crippen LogP contribution >= 0.6 is 0 Å². The molecule has 178 valence electrons. The van der Waals surface area contributed by atoms with Gasteiger partial charge in [0.25, 0.3) is 0 Å². The standard InChI is InChI=1S/C23H38O8/c1-8-15(5)21(27)28-13-17-18(25)19(26)20(29-16(6)24)22(30-17)31-23(7,9-2)12-10-11-14(3)4/h9,11,15,17-20,22,25-26H,2,8,10,12-13H2,1,3-7H3. The minimum Gasteiger partial charge on any atom is -0.463 e. The summed E-state index contributed by atoms with van der Waals surface area (Å²) in [4.78, 5) is 23.6. The van der Waals surface area contributed by atoms with Crippen molar-refractivity contribution in [3.63, 3.8) is 0 Å². The summed E-state index contributed by atoms with van der Waals surface area (Å²) in [6, 6.07) is 0. The van der Waals surface area contributed by atoms with Crippen LogP contribution in [0.15, 0.2) is 24.3 Å². The quantitative estimate of drug-likeness (QED) is 0.371. The highest BCUT2D eigenvalue weighted by Gasteiger charge is 2.49. The average Bonchev–Trinajstić information content (AvgIpc) is 2.70. The Morgan fingerprint density at radius 1 is 1.23 bits per heavy atom. The summed E-state index contributed by atoms with van der Waals surface area (Å²) in [5.41, 5.74) is 0.314. The predicted molar refractivity (Wildman–Crippen MR) is 115 cm³/mol. The highest BCUT2D eigenvalue weighted by Crippen LogP contribution is 2.31. The van der Waals surface area contributed by atoms with E-state index in [9.17, 15) is 19.8 Å². The Labute approximate surface area is 185 Å². The monoisotopic (exact) mass is 442 g/mol. The molecule has 0 amide bonds. The topological polar surface area (TPSA) is 112 Å². The van der Waals surface area contributed by atoms with Gasteiger partial charge in [-0.2, -0.15) is 0 Å². The molecule has 0 aromatic rings. The van der Waals surface area contributed by atoms with Crippen LogP contribution in [0.3, 0.4) is 0 Å². The van der Waals surface area contributed by atoms with Crippen molar-refractivity contribution in [1.29, 1.82) is 0 Å². The zero-order chi connectivity index (χ0) is 23.8. The smallest absolute Gasteiger partial charge is 0.308 e. The number of ether oxygens (including phenoxy) is 4. The molecular weight excluding hydrogens is 404 g/mol. The summed E-state index contributed by atoms with van der Waals surface area (Å²) >= 11 is 0. The van der Waals surface area contributed by atoms with Gasteiger partial charge in [0.05, 0.1) is 11.5 Å². The molecule has 0 radical (unpaired) electrons. The van der Waals surface area contributed by atoms with Gasteiger partial charge >= 0.3 is 11.9 Å². The minimum absolute atomic E-state index is 0.267. The van der Waals surface area contributed by atoms with Crippen LogP contribution in [-0.4, -0.2) is 65.1 Å². The molecule has 0 aromatic heterocycles. The van der Waals surface area contributed by atoms with Gasteiger partial charge in [0.15, 0.2) is 12.4 Å². The van der Waals surface area contributed by atoms with Crippen molar-refractivity contribution >= 4 is 11.9 Å². The Hall–Kier alpha value is -1.74. The van der Waals surface area contributed by atoms with Crippen molar-refractivity contribution < 1.29 is 38.7 Å². The van der Waals surface area contributed by atoms with Crippen LogP contribution < -0.4 is 0 Å². The molecule has 0 spiro atoms. The third-order valence-electron chi connectivity index (χ3n) is 5.36. The van der Waals surface area contributed by atoms with E-state index in [1.54, 1.807) is 13.0 Å². The van der Waals surface area contributed by atoms with E-state index in [1.807, 2.05) is 27.7 Å². The summed E-state index contributed by atoms with van der Waals surface area (Å²) < 4.78 is 22.3. The van der Waals surface area contributed by atoms with Crippen molar-refractivity contribution in [3.05, 3.63) is 24.3 Å². The van der Waals surface area contributed by atoms with Gasteiger partial charge in [-0.1, -0.05) is 31.6 Å². The van der Waals surface area contributed by atoms with E-state index in [1.165, 1.54) is 12.5 Å². The number of esters is 2. The molecule has 1 aliphatic heterocycles. The van der Waals surface area contributed by atoms with Gasteiger partial charge in [-0.15, -0.1) is 6.58 Å². The number of aliphatic hydroxyl groups is 2. The number of hydrogen-bond acceptors (Lipinski definition) is 8. The van der Waals surface area contributed by atoms with E-state index in [4.69, 9.17) is 18.9 Å². The highest BCUT2D eigenvalue weighted by molar-refractivity contribution is 5.71. The van der Waals surface area contributed by atoms with Crippen molar-refractivity contribution in [2.75, 3.05) is 6.61 Å². The SMILES string of the molecule is C=CC(C)(CCC=C(C)C)OC1OC(COC(=O)C(C)CC)C(O)C(O)C1OC(C)=O. The number of carbonyl (C=O) groups is 2. The molecule has 31 heavy (non-hydrogen) atoms. The van der Waals surface area contributed by atoms with Crippen molar-refractivity contribution in [3.8, 4) is 0 Å². The minimum atomic E-state index is -1.48. The molecule has 1 saturated heterocycles. The second-order valence-corrected chi connectivity index (χ2v) is 8.49. The van der Waals surface area contributed by atoms with Gasteiger partial charge < -0.3 is 29.2 Å². The molecule has 1 fully saturated rings. The van der Waals surface area contributed by atoms with Crippen molar-refractivity contribution in [2.45, 2.75) is 97.1 Å². The molecule has 0 saturated carbocycles. The fourth-order valence-electron chi connectivity index (χ4n) is 3.05. The largest absolute Gasteiger partial charge is 0.463 e. The number of carbonyl (C=O) groups excluding carboxylic acids is 2. The maximum absolute atomic E-state index is 12.0. The zero-order valence-corrected chi connectivity index (χ0v) is 19.5. The first-order valence-electron chi connectivity index (χ1n) is 10.7. The first kappa shape index (κ1) is 27.3. The Morgan fingerprint density at radius 2 is 1.87 bits per heavy atom. The van der Waals surface area contributed by atoms with Crippen LogP contribution in [0.2, 0.25) is 0 Å². The van der Waals surface area contributed by atoms with Gasteiger partial charge in [0.2, 0.25) is 0 Å². The predicted octanol–water partition coefficient (Wildman–Crippen LogP) is 2.66. The summed E-state index contributed by atoms with van der Waals surface area (Å²) in [7, 11) is 0. The normalized spacial score (nSPS) is 28.7. The Bertz CT molecular complexity index is 641. The van der Waals surface area contributed by atoms with E-state index in [-0.39, 0.29) is 12.5 Å². The average molecular weight is 443 g/mol. The summed E-state index contributed by atoms with van der Waals surface area (Å²) in [6.45, 7) is 14.2. The lowest BCUT2D eigenvalue weighted by Gasteiger charge is -2.44. The van der Waals surface area contributed by atoms with Crippen LogP contribution in [0.4, 0.5) is 0 Å². The molecule has 7 unspecified atom stereocenters. The lowest BCUT2D eigenvalue weighted by Crippen LogP contribution is -2.61. The first-order chi connectivity index (χ1) is 14.4. The molecular formula is C23H38O8. The van der Waals surface area contributed by atoms with E-state index in [0.717, 1.165) is 6.42 Å². The fraction of sp³-hybridized carbons (Fsp3) is 0.739. The van der Waals surface area contributed by atoms with Crippen LogP contribution in [0.1, 0.15) is 60.8 Å². The van der Waals surface area contributed by atoms with Gasteiger partial charge in [-0.3, -0.25) is 9.59 Å². The molecule has 0 aromatic carbocycles. The number of aliphatic hydroxyl groups excluding tert-OH is 2. The van der Waals surface area contributed by atoms with Gasteiger partial charge in [-0.25, -0.2) is 0 Å². The number of hydrogen-bond donors (Lipinski definition) is 2. The Kier molecular flexibility index (Phi) is 10.9. The summed E-state index contributed by atoms with van der Waals surface area (Å²) in [6.07, 6.45) is -0.831. The number of allylic oxidation sites excluding steroid dienone is 2. The zero-order valence-electron chi connectivity index (χ0n) is 19.5. The van der Waals surface area contributed by atoms with E-state index < -0.39 is 48.2 Å². The first-order valence-corrected chi connectivity index (χ1v) is 10.7. The van der Waals surface area contributed by atoms with Gasteiger partial charge in [0, 0.05) is 6.92 Å². The molecule has 7 atom stereocenters. The molecule has 8 nitrogen and oxygen atoms in total. The van der Waals surface area contributed by atoms with Crippen molar-refractivity contribution in [1.82, 2.24) is 0 Å². The van der Waals surface area contributed by atoms with Crippen LogP contribution in [0, 0.1) is 5.92 Å². The van der Waals surface area contributed by atoms with E-state index in [2.05, 4.69) is 12.7 Å². The lowest BCUT2D eigenvalue weighted by molar-refractivity contribution is -0.322. The molecule has 1 heterocycles. The van der Waals surface area contributed by atoms with Crippen molar-refractivity contribution in [2.24, 2.45) is 5.92 Å². The third-order valence-corrected chi connectivity index (χ3v) is 5.36. The molecule has 0 bridgehead atoms. The Balaban J connectivity index is 3.01. The second-order valence-electron chi connectivity index (χ2n) is 8.49. The fourth-order valence-corrected chi connectivity index (χ4v) is 3.05. The summed E-state index contributed by atoms with van der Waals surface area (Å²) in [5.74, 6) is -1.38. The molecule has 8 heteroatoms. The third kappa shape index (κ3) is 8.37. The molecule has 2 N–H and O–H groups in total. The lowest BCUT2D eigenvalue weighted by atomic mass is 9.96. The van der Waals surface area contributed by atoms with Crippen LogP contribution in [0.5, 0.6) is 0 Å². The molecule has 0 aliphatic carbocycles. The van der Waals surface area contributed by atoms with Gasteiger partial charge in [0.1, 0.15) is 24.9 Å². The van der Waals surface area contributed by atoms with E-state index in [0.29, 0.717) is 12.8 Å². The second kappa shape index (κ2) is 12.3. The van der Waals surface area contributed by atoms with Crippen LogP contribution in [-0.2, 0) is 28.5 Å². The van der Waals surface area contributed by atoms with E-state index >= 15 is 0 Å². The Morgan fingerprint density at radius 3 is 2.39 bits per heavy atom. The highest BCUT2D eigenvalue weighted by atomic mass is 16.7. The maximum atomic E-state index is 12.0. The number of rotatable bonds is 11.